The number of hydrogen-bond acceptors (Lipinski definition) is 3. The molecular formula is C17H25NO2S. The van der Waals surface area contributed by atoms with E-state index in [9.17, 15) is 4.79 Å². The van der Waals surface area contributed by atoms with E-state index in [0.29, 0.717) is 11.8 Å². The average Bonchev–Trinajstić information content (AvgIpc) is 3.01. The third-order valence-corrected chi connectivity index (χ3v) is 4.82. The first-order valence-corrected chi connectivity index (χ1v) is 8.03. The van der Waals surface area contributed by atoms with Crippen LogP contribution in [0.2, 0.25) is 0 Å². The fourth-order valence-electron chi connectivity index (χ4n) is 3.03. The maximum absolute atomic E-state index is 12.1. The van der Waals surface area contributed by atoms with E-state index in [-0.39, 0.29) is 13.5 Å². The molecule has 1 aromatic heterocycles. The zero-order chi connectivity index (χ0) is 14.3. The van der Waals surface area contributed by atoms with E-state index >= 15 is 0 Å². The summed E-state index contributed by atoms with van der Waals surface area (Å²) in [7, 11) is 0. The summed E-state index contributed by atoms with van der Waals surface area (Å²) in [4.78, 5) is 15.3. The highest BCUT2D eigenvalue weighted by molar-refractivity contribution is 7.11. The zero-order valence-corrected chi connectivity index (χ0v) is 13.1. The smallest absolute Gasteiger partial charge is 0.410 e. The van der Waals surface area contributed by atoms with Crippen molar-refractivity contribution in [2.75, 3.05) is 13.1 Å². The number of carbonyl (C=O) groups excluding carboxylic acids is 1. The highest BCUT2D eigenvalue weighted by Crippen LogP contribution is 2.42. The molecule has 2 heterocycles. The Kier molecular flexibility index (Phi) is 4.47. The van der Waals surface area contributed by atoms with E-state index in [1.54, 1.807) is 11.3 Å². The molecule has 3 rings (SSSR count). The number of hydrogen-bond donors (Lipinski definition) is 0. The second-order valence-corrected chi connectivity index (χ2v) is 7.63. The Morgan fingerprint density at radius 2 is 2.14 bits per heavy atom. The number of amides is 1. The number of nitrogens with zero attached hydrogens (tertiary/aromatic N) is 1. The number of ether oxygens (including phenoxy) is 1. The Balaban J connectivity index is 0.00000161. The van der Waals surface area contributed by atoms with Crippen LogP contribution >= 0.6 is 11.3 Å². The summed E-state index contributed by atoms with van der Waals surface area (Å²) >= 11 is 1.80. The highest BCUT2D eigenvalue weighted by atomic mass is 32.1. The van der Waals surface area contributed by atoms with Gasteiger partial charge >= 0.3 is 6.09 Å². The lowest BCUT2D eigenvalue weighted by Crippen LogP contribution is -2.35. The predicted molar refractivity (Wildman–Crippen MR) is 88.4 cm³/mol. The lowest BCUT2D eigenvalue weighted by atomic mass is 10.00. The van der Waals surface area contributed by atoms with E-state index in [2.05, 4.69) is 23.6 Å². The van der Waals surface area contributed by atoms with Gasteiger partial charge in [-0.25, -0.2) is 4.79 Å². The lowest BCUT2D eigenvalue weighted by molar-refractivity contribution is 0.0285. The molecule has 0 spiro atoms. The van der Waals surface area contributed by atoms with Gasteiger partial charge in [0.1, 0.15) is 5.60 Å². The molecule has 116 valence electrons. The lowest BCUT2D eigenvalue weighted by Gasteiger charge is -2.24. The van der Waals surface area contributed by atoms with E-state index < -0.39 is 5.60 Å². The van der Waals surface area contributed by atoms with Gasteiger partial charge in [-0.1, -0.05) is 19.6 Å². The predicted octanol–water partition coefficient (Wildman–Crippen LogP) is 4.65. The molecule has 1 saturated heterocycles. The third-order valence-electron chi connectivity index (χ3n) is 3.88. The van der Waals surface area contributed by atoms with Crippen LogP contribution in [0, 0.1) is 11.8 Å². The molecule has 0 bridgehead atoms. The minimum Gasteiger partial charge on any atom is -0.444 e. The second kappa shape index (κ2) is 5.84. The van der Waals surface area contributed by atoms with Crippen molar-refractivity contribution in [3.63, 3.8) is 0 Å². The molecule has 0 N–H and O–H groups in total. The third kappa shape index (κ3) is 3.49. The number of rotatable bonds is 1. The van der Waals surface area contributed by atoms with Crippen LogP contribution in [-0.4, -0.2) is 29.7 Å². The maximum Gasteiger partial charge on any atom is 0.410 e. The molecule has 1 aliphatic heterocycles. The van der Waals surface area contributed by atoms with Crippen molar-refractivity contribution >= 4 is 23.0 Å². The van der Waals surface area contributed by atoms with Crippen molar-refractivity contribution < 1.29 is 9.53 Å². The summed E-state index contributed by atoms with van der Waals surface area (Å²) in [5.41, 5.74) is 1.05. The minimum atomic E-state index is -0.410. The monoisotopic (exact) mass is 307 g/mol. The van der Waals surface area contributed by atoms with E-state index in [1.165, 1.54) is 10.5 Å². The van der Waals surface area contributed by atoms with E-state index in [0.717, 1.165) is 19.5 Å². The zero-order valence-electron chi connectivity index (χ0n) is 12.3. The standard InChI is InChI=1S/C16H21NO2S.CH4/c1-16(2,3)19-15(18)17-9-12-7-11(8-13(12)10-17)14-5-4-6-20-14;/h4-7,12-13H,8-10H2,1-3H3;1H4. The van der Waals surface area contributed by atoms with Gasteiger partial charge in [0.05, 0.1) is 0 Å². The summed E-state index contributed by atoms with van der Waals surface area (Å²) in [6.07, 6.45) is 3.28. The van der Waals surface area contributed by atoms with Crippen LogP contribution in [-0.2, 0) is 4.74 Å². The van der Waals surface area contributed by atoms with Crippen LogP contribution in [0.1, 0.15) is 39.5 Å². The van der Waals surface area contributed by atoms with Gasteiger partial charge in [-0.3, -0.25) is 0 Å². The Labute approximate surface area is 131 Å². The van der Waals surface area contributed by atoms with Crippen LogP contribution in [0.4, 0.5) is 4.79 Å². The topological polar surface area (TPSA) is 29.5 Å². The summed E-state index contributed by atoms with van der Waals surface area (Å²) < 4.78 is 5.45. The normalized spacial score (nSPS) is 24.3. The molecule has 1 aliphatic carbocycles. The first-order valence-electron chi connectivity index (χ1n) is 7.15. The van der Waals surface area contributed by atoms with Crippen molar-refractivity contribution in [1.82, 2.24) is 4.90 Å². The summed E-state index contributed by atoms with van der Waals surface area (Å²) in [6.45, 7) is 7.36. The van der Waals surface area contributed by atoms with Crippen molar-refractivity contribution in [2.45, 2.75) is 40.2 Å². The Morgan fingerprint density at radius 3 is 2.71 bits per heavy atom. The van der Waals surface area contributed by atoms with Gasteiger partial charge in [0.25, 0.3) is 0 Å². The molecule has 1 aromatic rings. The van der Waals surface area contributed by atoms with Gasteiger partial charge in [-0.15, -0.1) is 11.3 Å². The first kappa shape index (κ1) is 16.1. The summed E-state index contributed by atoms with van der Waals surface area (Å²) in [5.74, 6) is 1.07. The Morgan fingerprint density at radius 1 is 1.38 bits per heavy atom. The van der Waals surface area contributed by atoms with E-state index in [4.69, 9.17) is 4.74 Å². The number of likely N-dealkylation sites (tertiary alicyclic amines) is 1. The molecular weight excluding hydrogens is 282 g/mol. The number of carbonyl (C=O) groups is 1. The first-order chi connectivity index (χ1) is 9.42. The summed E-state index contributed by atoms with van der Waals surface area (Å²) in [6, 6.07) is 4.28. The molecule has 2 unspecified atom stereocenters. The van der Waals surface area contributed by atoms with Gasteiger partial charge in [-0.2, -0.15) is 0 Å². The van der Waals surface area contributed by atoms with Crippen LogP contribution in [0.3, 0.4) is 0 Å². The van der Waals surface area contributed by atoms with Gasteiger partial charge in [0.15, 0.2) is 0 Å². The Bertz CT molecular complexity index is 527. The van der Waals surface area contributed by atoms with Crippen LogP contribution in [0.15, 0.2) is 23.6 Å². The quantitative estimate of drug-likeness (QED) is 0.755. The molecule has 0 radical (unpaired) electrons. The van der Waals surface area contributed by atoms with Crippen molar-refractivity contribution in [2.24, 2.45) is 11.8 Å². The SMILES string of the molecule is C.CC(C)(C)OC(=O)N1CC2C=C(c3cccs3)CC2C1. The molecule has 21 heavy (non-hydrogen) atoms. The van der Waals surface area contributed by atoms with Gasteiger partial charge in [0.2, 0.25) is 0 Å². The largest absolute Gasteiger partial charge is 0.444 e. The van der Waals surface area contributed by atoms with E-state index in [1.807, 2.05) is 25.7 Å². The minimum absolute atomic E-state index is 0. The molecule has 1 amide bonds. The molecule has 4 heteroatoms. The molecule has 3 nitrogen and oxygen atoms in total. The Hall–Kier alpha value is -1.29. The molecule has 0 saturated carbocycles. The van der Waals surface area contributed by atoms with Crippen molar-refractivity contribution in [3.05, 3.63) is 28.5 Å². The van der Waals surface area contributed by atoms with Crippen LogP contribution in [0.25, 0.3) is 5.57 Å². The number of allylic oxidation sites excluding steroid dienone is 1. The van der Waals surface area contributed by atoms with Crippen LogP contribution in [0.5, 0.6) is 0 Å². The average molecular weight is 307 g/mol. The van der Waals surface area contributed by atoms with Gasteiger partial charge in [0, 0.05) is 18.0 Å². The van der Waals surface area contributed by atoms with Gasteiger partial charge < -0.3 is 9.64 Å². The fourth-order valence-corrected chi connectivity index (χ4v) is 3.79. The number of fused-ring (bicyclic) bond motifs is 1. The second-order valence-electron chi connectivity index (χ2n) is 6.68. The molecule has 1 fully saturated rings. The highest BCUT2D eigenvalue weighted by Gasteiger charge is 2.39. The summed E-state index contributed by atoms with van der Waals surface area (Å²) in [5, 5.41) is 2.12. The molecule has 2 atom stereocenters. The molecule has 2 aliphatic rings. The van der Waals surface area contributed by atoms with Crippen LogP contribution < -0.4 is 0 Å². The molecule has 0 aromatic carbocycles. The maximum atomic E-state index is 12.1. The van der Waals surface area contributed by atoms with Crippen molar-refractivity contribution in [1.29, 1.82) is 0 Å². The van der Waals surface area contributed by atoms with Crippen molar-refractivity contribution in [3.8, 4) is 0 Å². The fraction of sp³-hybridized carbons (Fsp3) is 0.588. The van der Waals surface area contributed by atoms with Gasteiger partial charge in [-0.05, 0) is 56.0 Å². The number of thiophene rings is 1.